The largest absolute Gasteiger partial charge is 0.481 e. The molecule has 0 saturated carbocycles. The summed E-state index contributed by atoms with van der Waals surface area (Å²) in [5, 5.41) is 2.94. The third-order valence-electron chi connectivity index (χ3n) is 4.26. The molecule has 0 bridgehead atoms. The van der Waals surface area contributed by atoms with Crippen LogP contribution in [0.5, 0.6) is 5.88 Å². The van der Waals surface area contributed by atoms with Crippen LogP contribution in [0.15, 0.2) is 67.3 Å². The number of rotatable bonds is 6. The van der Waals surface area contributed by atoms with E-state index in [-0.39, 0.29) is 5.91 Å². The molecule has 0 radical (unpaired) electrons. The summed E-state index contributed by atoms with van der Waals surface area (Å²) in [6.45, 7) is 1.89. The van der Waals surface area contributed by atoms with Gasteiger partial charge >= 0.3 is 0 Å². The Labute approximate surface area is 152 Å². The van der Waals surface area contributed by atoms with Crippen LogP contribution in [0.25, 0.3) is 0 Å². The molecular formula is C20H20N4O2. The monoisotopic (exact) mass is 348 g/mol. The topological polar surface area (TPSA) is 77.0 Å². The molecule has 3 aromatic heterocycles. The third kappa shape index (κ3) is 3.85. The maximum atomic E-state index is 13.2. The predicted molar refractivity (Wildman–Crippen MR) is 98.9 cm³/mol. The number of ether oxygens (including phenoxy) is 1. The lowest BCUT2D eigenvalue weighted by atomic mass is 9.78. The minimum atomic E-state index is -0.858. The first kappa shape index (κ1) is 17.5. The Kier molecular flexibility index (Phi) is 5.22. The minimum absolute atomic E-state index is 0.150. The van der Waals surface area contributed by atoms with E-state index in [0.717, 1.165) is 11.3 Å². The van der Waals surface area contributed by atoms with Crippen molar-refractivity contribution < 1.29 is 9.53 Å². The first-order valence-electron chi connectivity index (χ1n) is 8.24. The second-order valence-corrected chi connectivity index (χ2v) is 6.12. The fourth-order valence-corrected chi connectivity index (χ4v) is 2.71. The van der Waals surface area contributed by atoms with Crippen LogP contribution < -0.4 is 10.1 Å². The van der Waals surface area contributed by atoms with Crippen LogP contribution in [0.1, 0.15) is 18.2 Å². The fraction of sp³-hybridized carbons (Fsp3) is 0.200. The summed E-state index contributed by atoms with van der Waals surface area (Å²) >= 11 is 0. The Morgan fingerprint density at radius 1 is 1.08 bits per heavy atom. The third-order valence-corrected chi connectivity index (χ3v) is 4.26. The standard InChI is InChI=1S/C20H20N4O2/c1-20(12-16-6-3-4-11-22-16,15-8-9-18(26-2)23-13-15)19(25)24-17-7-5-10-21-14-17/h3-11,13-14H,12H2,1-2H3,(H,24,25). The summed E-state index contributed by atoms with van der Waals surface area (Å²) in [5.74, 6) is 0.352. The number of methoxy groups -OCH3 is 1. The quantitative estimate of drug-likeness (QED) is 0.741. The van der Waals surface area contributed by atoms with Crippen molar-refractivity contribution in [3.05, 3.63) is 78.5 Å². The van der Waals surface area contributed by atoms with Crippen molar-refractivity contribution in [2.45, 2.75) is 18.8 Å². The van der Waals surface area contributed by atoms with Crippen molar-refractivity contribution in [3.63, 3.8) is 0 Å². The smallest absolute Gasteiger partial charge is 0.235 e. The molecule has 0 saturated heterocycles. The molecule has 0 fully saturated rings. The molecule has 1 N–H and O–H groups in total. The minimum Gasteiger partial charge on any atom is -0.481 e. The molecule has 0 spiro atoms. The number of nitrogens with one attached hydrogen (secondary N) is 1. The second kappa shape index (κ2) is 7.74. The van der Waals surface area contributed by atoms with Gasteiger partial charge in [-0.3, -0.25) is 14.8 Å². The summed E-state index contributed by atoms with van der Waals surface area (Å²) in [6.07, 6.45) is 7.11. The molecule has 132 valence electrons. The van der Waals surface area contributed by atoms with Gasteiger partial charge in [0.1, 0.15) is 0 Å². The van der Waals surface area contributed by atoms with E-state index in [4.69, 9.17) is 4.74 Å². The lowest BCUT2D eigenvalue weighted by Gasteiger charge is -2.28. The number of hydrogen-bond acceptors (Lipinski definition) is 5. The van der Waals surface area contributed by atoms with E-state index in [2.05, 4.69) is 20.3 Å². The van der Waals surface area contributed by atoms with Gasteiger partial charge in [-0.25, -0.2) is 4.98 Å². The molecule has 1 atom stereocenters. The molecule has 6 heteroatoms. The predicted octanol–water partition coefficient (Wildman–Crippen LogP) is 3.02. The maximum absolute atomic E-state index is 13.2. The number of aromatic nitrogens is 3. The van der Waals surface area contributed by atoms with Crippen LogP contribution in [-0.4, -0.2) is 28.0 Å². The molecule has 3 aromatic rings. The summed E-state index contributed by atoms with van der Waals surface area (Å²) in [5.41, 5.74) is 1.40. The number of pyridine rings is 3. The van der Waals surface area contributed by atoms with Gasteiger partial charge in [0.25, 0.3) is 0 Å². The van der Waals surface area contributed by atoms with Crippen molar-refractivity contribution in [2.24, 2.45) is 0 Å². The number of hydrogen-bond donors (Lipinski definition) is 1. The van der Waals surface area contributed by atoms with Gasteiger partial charge in [-0.1, -0.05) is 12.1 Å². The molecule has 1 amide bonds. The molecule has 3 heterocycles. The highest BCUT2D eigenvalue weighted by Gasteiger charge is 2.36. The average molecular weight is 348 g/mol. The number of carbonyl (C=O) groups is 1. The van der Waals surface area contributed by atoms with Gasteiger partial charge in [0, 0.05) is 36.8 Å². The molecular weight excluding hydrogens is 328 g/mol. The summed E-state index contributed by atoms with van der Waals surface area (Å²) in [7, 11) is 1.56. The zero-order valence-corrected chi connectivity index (χ0v) is 14.7. The first-order valence-corrected chi connectivity index (χ1v) is 8.24. The zero-order chi connectivity index (χ0) is 18.4. The van der Waals surface area contributed by atoms with E-state index in [0.29, 0.717) is 18.0 Å². The normalized spacial score (nSPS) is 12.8. The molecule has 3 rings (SSSR count). The lowest BCUT2D eigenvalue weighted by molar-refractivity contribution is -0.121. The van der Waals surface area contributed by atoms with Crippen LogP contribution in [0.4, 0.5) is 5.69 Å². The van der Waals surface area contributed by atoms with Crippen molar-refractivity contribution in [1.82, 2.24) is 15.0 Å². The summed E-state index contributed by atoms with van der Waals surface area (Å²) < 4.78 is 5.12. The van der Waals surface area contributed by atoms with Gasteiger partial charge in [-0.2, -0.15) is 0 Å². The van der Waals surface area contributed by atoms with Crippen LogP contribution in [0, 0.1) is 0 Å². The van der Waals surface area contributed by atoms with Crippen molar-refractivity contribution in [3.8, 4) is 5.88 Å². The lowest BCUT2D eigenvalue weighted by Crippen LogP contribution is -2.40. The number of amides is 1. The SMILES string of the molecule is COc1ccc(C(C)(Cc2ccccn2)C(=O)Nc2cccnc2)cn1. The van der Waals surface area contributed by atoms with E-state index in [9.17, 15) is 4.79 Å². The first-order chi connectivity index (χ1) is 12.6. The number of anilines is 1. The molecule has 0 aliphatic carbocycles. The van der Waals surface area contributed by atoms with Gasteiger partial charge in [0.05, 0.1) is 24.4 Å². The van der Waals surface area contributed by atoms with Crippen LogP contribution in [0.3, 0.4) is 0 Å². The van der Waals surface area contributed by atoms with Gasteiger partial charge in [0.15, 0.2) is 0 Å². The van der Waals surface area contributed by atoms with E-state index in [1.165, 1.54) is 0 Å². The zero-order valence-electron chi connectivity index (χ0n) is 14.7. The van der Waals surface area contributed by atoms with Gasteiger partial charge < -0.3 is 10.1 Å². The molecule has 1 unspecified atom stereocenters. The Hall–Kier alpha value is -3.28. The van der Waals surface area contributed by atoms with E-state index in [1.54, 1.807) is 50.1 Å². The van der Waals surface area contributed by atoms with Crippen molar-refractivity contribution in [2.75, 3.05) is 12.4 Å². The molecule has 0 aromatic carbocycles. The fourth-order valence-electron chi connectivity index (χ4n) is 2.71. The van der Waals surface area contributed by atoms with Crippen molar-refractivity contribution >= 4 is 11.6 Å². The summed E-state index contributed by atoms with van der Waals surface area (Å²) in [4.78, 5) is 25.8. The highest BCUT2D eigenvalue weighted by molar-refractivity contribution is 5.99. The van der Waals surface area contributed by atoms with Gasteiger partial charge in [-0.05, 0) is 36.8 Å². The number of carbonyl (C=O) groups excluding carboxylic acids is 1. The Bertz CT molecular complexity index is 854. The van der Waals surface area contributed by atoms with Gasteiger partial charge in [-0.15, -0.1) is 0 Å². The van der Waals surface area contributed by atoms with Gasteiger partial charge in [0.2, 0.25) is 11.8 Å². The Morgan fingerprint density at radius 3 is 2.58 bits per heavy atom. The maximum Gasteiger partial charge on any atom is 0.235 e. The van der Waals surface area contributed by atoms with Crippen LogP contribution >= 0.6 is 0 Å². The van der Waals surface area contributed by atoms with Crippen LogP contribution in [-0.2, 0) is 16.6 Å². The van der Waals surface area contributed by atoms with E-state index < -0.39 is 5.41 Å². The highest BCUT2D eigenvalue weighted by atomic mass is 16.5. The second-order valence-electron chi connectivity index (χ2n) is 6.12. The average Bonchev–Trinajstić information content (AvgIpc) is 2.69. The number of nitrogens with zero attached hydrogens (tertiary/aromatic N) is 3. The Balaban J connectivity index is 1.95. The highest BCUT2D eigenvalue weighted by Crippen LogP contribution is 2.30. The summed E-state index contributed by atoms with van der Waals surface area (Å²) in [6, 6.07) is 12.9. The molecule has 0 aliphatic rings. The van der Waals surface area contributed by atoms with E-state index >= 15 is 0 Å². The van der Waals surface area contributed by atoms with Crippen LogP contribution in [0.2, 0.25) is 0 Å². The van der Waals surface area contributed by atoms with Crippen molar-refractivity contribution in [1.29, 1.82) is 0 Å². The molecule has 0 aliphatic heterocycles. The molecule has 6 nitrogen and oxygen atoms in total. The molecule has 26 heavy (non-hydrogen) atoms. The van der Waals surface area contributed by atoms with E-state index in [1.807, 2.05) is 31.2 Å². The Morgan fingerprint density at radius 2 is 1.96 bits per heavy atom.